The summed E-state index contributed by atoms with van der Waals surface area (Å²) in [5, 5.41) is 0.733. The number of hydrogen-bond acceptors (Lipinski definition) is 6. The van der Waals surface area contributed by atoms with Gasteiger partial charge in [0.1, 0.15) is 10.6 Å². The van der Waals surface area contributed by atoms with Crippen LogP contribution in [0.2, 0.25) is 0 Å². The highest BCUT2D eigenvalue weighted by molar-refractivity contribution is 7.86. The van der Waals surface area contributed by atoms with Crippen molar-refractivity contribution in [3.8, 4) is 5.75 Å². The van der Waals surface area contributed by atoms with Crippen LogP contribution in [0.1, 0.15) is 6.42 Å². The first-order chi connectivity index (χ1) is 10.6. The van der Waals surface area contributed by atoms with Crippen LogP contribution in [0.25, 0.3) is 10.8 Å². The van der Waals surface area contributed by atoms with Crippen molar-refractivity contribution in [1.29, 1.82) is 0 Å². The lowest BCUT2D eigenvalue weighted by Gasteiger charge is -2.10. The average Bonchev–Trinajstić information content (AvgIpc) is 2.41. The monoisotopic (exact) mass is 361 g/mol. The molecule has 4 N–H and O–H groups in total. The largest absolute Gasteiger partial charge is 0.493 e. The molecule has 0 spiro atoms. The van der Waals surface area contributed by atoms with Gasteiger partial charge in [-0.15, -0.1) is 0 Å². The molecule has 8 nitrogen and oxygen atoms in total. The van der Waals surface area contributed by atoms with Crippen molar-refractivity contribution in [2.75, 3.05) is 18.1 Å². The van der Waals surface area contributed by atoms with E-state index in [9.17, 15) is 21.4 Å². The quantitative estimate of drug-likeness (QED) is 0.397. The van der Waals surface area contributed by atoms with Gasteiger partial charge < -0.3 is 10.5 Å². The van der Waals surface area contributed by atoms with E-state index in [0.717, 1.165) is 6.07 Å². The Hall–Kier alpha value is -1.88. The van der Waals surface area contributed by atoms with Gasteiger partial charge >= 0.3 is 0 Å². The summed E-state index contributed by atoms with van der Waals surface area (Å²) in [5.41, 5.74) is 5.96. The second kappa shape index (κ2) is 6.32. The molecule has 0 unspecified atom stereocenters. The van der Waals surface area contributed by atoms with Gasteiger partial charge in [0.15, 0.2) is 0 Å². The Morgan fingerprint density at radius 3 is 2.35 bits per heavy atom. The van der Waals surface area contributed by atoms with Gasteiger partial charge in [-0.1, -0.05) is 6.07 Å². The Morgan fingerprint density at radius 1 is 1.04 bits per heavy atom. The lowest BCUT2D eigenvalue weighted by molar-refractivity contribution is 0.315. The van der Waals surface area contributed by atoms with Gasteiger partial charge in [-0.05, 0) is 30.0 Å². The molecule has 0 aliphatic rings. The molecule has 0 aromatic heterocycles. The lowest BCUT2D eigenvalue weighted by Crippen LogP contribution is -2.09. The second-order valence-electron chi connectivity index (χ2n) is 4.87. The topological polar surface area (TPSA) is 144 Å². The van der Waals surface area contributed by atoms with E-state index < -0.39 is 26.0 Å². The fourth-order valence-electron chi connectivity index (χ4n) is 2.04. The van der Waals surface area contributed by atoms with E-state index in [4.69, 9.17) is 15.0 Å². The molecule has 0 aliphatic heterocycles. The molecule has 126 valence electrons. The highest BCUT2D eigenvalue weighted by atomic mass is 32.2. The molecule has 2 rings (SSSR count). The number of rotatable bonds is 6. The Bertz CT molecular complexity index is 936. The van der Waals surface area contributed by atoms with Crippen molar-refractivity contribution in [3.05, 3.63) is 30.3 Å². The number of ether oxygens (including phenoxy) is 1. The number of hydrogen-bond donors (Lipinski definition) is 3. The van der Waals surface area contributed by atoms with Crippen molar-refractivity contribution >= 4 is 36.7 Å². The standard InChI is InChI=1S/C13H15NO7S2/c14-10-3-2-9-6-11(21-4-1-5-22(15,16)17)8-13(12(9)7-10)23(18,19)20/h2-3,6-8H,1,4-5,14H2,(H,15,16,17)(H,18,19,20). The third-order valence-electron chi connectivity index (χ3n) is 3.01. The fourth-order valence-corrected chi connectivity index (χ4v) is 3.25. The number of benzene rings is 2. The van der Waals surface area contributed by atoms with E-state index in [0.29, 0.717) is 11.1 Å². The Kier molecular flexibility index (Phi) is 4.80. The normalized spacial score (nSPS) is 12.4. The maximum Gasteiger partial charge on any atom is 0.295 e. The van der Waals surface area contributed by atoms with Gasteiger partial charge in [0.25, 0.3) is 20.2 Å². The third kappa shape index (κ3) is 4.79. The first-order valence-electron chi connectivity index (χ1n) is 6.45. The molecule has 0 heterocycles. The van der Waals surface area contributed by atoms with Crippen LogP contribution in [0.5, 0.6) is 5.75 Å². The zero-order valence-electron chi connectivity index (χ0n) is 11.8. The highest BCUT2D eigenvalue weighted by Crippen LogP contribution is 2.30. The second-order valence-corrected chi connectivity index (χ2v) is 7.83. The van der Waals surface area contributed by atoms with E-state index in [-0.39, 0.29) is 29.1 Å². The fraction of sp³-hybridized carbons (Fsp3) is 0.231. The van der Waals surface area contributed by atoms with Crippen LogP contribution in [0.4, 0.5) is 5.69 Å². The first kappa shape index (κ1) is 17.5. The number of anilines is 1. The zero-order chi connectivity index (χ0) is 17.3. The zero-order valence-corrected chi connectivity index (χ0v) is 13.5. The number of nitrogens with two attached hydrogens (primary N) is 1. The minimum atomic E-state index is -4.49. The van der Waals surface area contributed by atoms with E-state index in [1.54, 1.807) is 12.1 Å². The average molecular weight is 361 g/mol. The summed E-state index contributed by atoms with van der Waals surface area (Å²) >= 11 is 0. The van der Waals surface area contributed by atoms with Crippen LogP contribution in [-0.2, 0) is 20.2 Å². The highest BCUT2D eigenvalue weighted by Gasteiger charge is 2.16. The molecule has 0 aliphatic carbocycles. The minimum absolute atomic E-state index is 0.0276. The van der Waals surface area contributed by atoms with Crippen LogP contribution in [0.3, 0.4) is 0 Å². The van der Waals surface area contributed by atoms with Crippen molar-refractivity contribution in [1.82, 2.24) is 0 Å². The molecule has 0 saturated heterocycles. The molecule has 0 amide bonds. The molecule has 10 heteroatoms. The third-order valence-corrected chi connectivity index (χ3v) is 4.71. The summed E-state index contributed by atoms with van der Waals surface area (Å²) in [4.78, 5) is -0.355. The molecule has 0 saturated carbocycles. The maximum atomic E-state index is 11.5. The molecule has 23 heavy (non-hydrogen) atoms. The lowest BCUT2D eigenvalue weighted by atomic mass is 10.1. The number of nitrogen functional groups attached to an aromatic ring is 1. The van der Waals surface area contributed by atoms with Gasteiger partial charge in [-0.2, -0.15) is 16.8 Å². The Labute approximate surface area is 133 Å². The molecule has 2 aromatic carbocycles. The van der Waals surface area contributed by atoms with Crippen molar-refractivity contribution in [2.24, 2.45) is 0 Å². The molecular formula is C13H15NO7S2. The number of fused-ring (bicyclic) bond motifs is 1. The predicted molar refractivity (Wildman–Crippen MR) is 84.7 cm³/mol. The maximum absolute atomic E-state index is 11.5. The van der Waals surface area contributed by atoms with E-state index in [2.05, 4.69) is 0 Å². The Balaban J connectivity index is 2.33. The van der Waals surface area contributed by atoms with Crippen molar-refractivity contribution in [3.63, 3.8) is 0 Å². The van der Waals surface area contributed by atoms with Gasteiger partial charge in [0.2, 0.25) is 0 Å². The van der Waals surface area contributed by atoms with Gasteiger partial charge in [0.05, 0.1) is 12.4 Å². The van der Waals surface area contributed by atoms with Crippen LogP contribution in [-0.4, -0.2) is 38.3 Å². The predicted octanol–water partition coefficient (Wildman–Crippen LogP) is 1.33. The molecule has 0 atom stereocenters. The van der Waals surface area contributed by atoms with Crippen LogP contribution in [0.15, 0.2) is 35.2 Å². The SMILES string of the molecule is Nc1ccc2cc(OCCCS(=O)(=O)O)cc(S(=O)(=O)O)c2c1. The van der Waals surface area contributed by atoms with E-state index >= 15 is 0 Å². The molecule has 2 aromatic rings. The smallest absolute Gasteiger partial charge is 0.295 e. The minimum Gasteiger partial charge on any atom is -0.493 e. The van der Waals surface area contributed by atoms with Gasteiger partial charge in [-0.25, -0.2) is 0 Å². The van der Waals surface area contributed by atoms with E-state index in [1.165, 1.54) is 12.1 Å². The molecule has 0 fully saturated rings. The van der Waals surface area contributed by atoms with E-state index in [1.807, 2.05) is 0 Å². The van der Waals surface area contributed by atoms with Crippen LogP contribution < -0.4 is 10.5 Å². The molecule has 0 bridgehead atoms. The summed E-state index contributed by atoms with van der Waals surface area (Å²) < 4.78 is 67.5. The summed E-state index contributed by atoms with van der Waals surface area (Å²) in [6.45, 7) is -0.0504. The summed E-state index contributed by atoms with van der Waals surface area (Å²) in [7, 11) is -8.57. The summed E-state index contributed by atoms with van der Waals surface area (Å²) in [5.74, 6) is -0.326. The van der Waals surface area contributed by atoms with Gasteiger partial charge in [0, 0.05) is 17.1 Å². The molecular weight excluding hydrogens is 346 g/mol. The summed E-state index contributed by atoms with van der Waals surface area (Å²) in [6.07, 6.45) is 0.0276. The van der Waals surface area contributed by atoms with Crippen molar-refractivity contribution < 1.29 is 30.7 Å². The summed E-state index contributed by atoms with van der Waals surface area (Å²) in [6, 6.07) is 7.23. The first-order valence-corrected chi connectivity index (χ1v) is 9.50. The van der Waals surface area contributed by atoms with Crippen molar-refractivity contribution in [2.45, 2.75) is 11.3 Å². The molecule has 0 radical (unpaired) electrons. The Morgan fingerprint density at radius 2 is 1.74 bits per heavy atom. The van der Waals surface area contributed by atoms with Crippen LogP contribution in [0, 0.1) is 0 Å². The van der Waals surface area contributed by atoms with Crippen LogP contribution >= 0.6 is 0 Å². The van der Waals surface area contributed by atoms with Gasteiger partial charge in [-0.3, -0.25) is 9.11 Å².